The average molecular weight is 343 g/mol. The quantitative estimate of drug-likeness (QED) is 0.744. The van der Waals surface area contributed by atoms with Gasteiger partial charge in [-0.1, -0.05) is 31.9 Å². The van der Waals surface area contributed by atoms with Crippen LogP contribution >= 0.6 is 0 Å². The summed E-state index contributed by atoms with van der Waals surface area (Å²) in [5.74, 6) is 0.822. The Morgan fingerprint density at radius 2 is 1.92 bits per heavy atom. The number of anilines is 1. The van der Waals surface area contributed by atoms with Crippen LogP contribution in [-0.2, 0) is 16.1 Å². The molecule has 25 heavy (non-hydrogen) atoms. The standard InChI is InChI=1S/C20H29N3O2/c1-2-5-19(24)22-16-10-8-14(9-11-16)13-21-20(25)18-12-15-6-3-4-7-17(15)23-18/h8-11,15,17-18,23H,2-7,12-13H2,1H3,(H,21,25)(H,22,24). The van der Waals surface area contributed by atoms with E-state index in [2.05, 4.69) is 16.0 Å². The first-order valence-electron chi connectivity index (χ1n) is 9.58. The van der Waals surface area contributed by atoms with Crippen LogP contribution in [0.5, 0.6) is 0 Å². The molecule has 1 heterocycles. The van der Waals surface area contributed by atoms with Gasteiger partial charge in [0.25, 0.3) is 0 Å². The van der Waals surface area contributed by atoms with E-state index >= 15 is 0 Å². The Balaban J connectivity index is 1.45. The zero-order valence-corrected chi connectivity index (χ0v) is 15.0. The summed E-state index contributed by atoms with van der Waals surface area (Å²) in [6.45, 7) is 2.51. The molecule has 0 bridgehead atoms. The Kier molecular flexibility index (Phi) is 6.08. The molecule has 2 fully saturated rings. The maximum absolute atomic E-state index is 12.4. The SMILES string of the molecule is CCCC(=O)Nc1ccc(CNC(=O)C2CC3CCCCC3N2)cc1. The van der Waals surface area contributed by atoms with Gasteiger partial charge in [0.05, 0.1) is 6.04 Å². The van der Waals surface area contributed by atoms with Crippen LogP contribution in [0.4, 0.5) is 5.69 Å². The Bertz CT molecular complexity index is 585. The highest BCUT2D eigenvalue weighted by Crippen LogP contribution is 2.33. The number of nitrogens with one attached hydrogen (secondary N) is 3. The fourth-order valence-electron chi connectivity index (χ4n) is 3.99. The summed E-state index contributed by atoms with van der Waals surface area (Å²) in [6.07, 6.45) is 7.40. The first-order valence-corrected chi connectivity index (χ1v) is 9.58. The zero-order valence-electron chi connectivity index (χ0n) is 15.0. The van der Waals surface area contributed by atoms with Crippen LogP contribution < -0.4 is 16.0 Å². The Labute approximate surface area is 150 Å². The number of carbonyl (C=O) groups is 2. The Morgan fingerprint density at radius 1 is 1.16 bits per heavy atom. The van der Waals surface area contributed by atoms with E-state index in [9.17, 15) is 9.59 Å². The molecule has 2 amide bonds. The highest BCUT2D eigenvalue weighted by atomic mass is 16.2. The van der Waals surface area contributed by atoms with Crippen LogP contribution in [0.25, 0.3) is 0 Å². The lowest BCUT2D eigenvalue weighted by molar-refractivity contribution is -0.123. The first-order chi connectivity index (χ1) is 12.2. The molecular formula is C20H29N3O2. The molecule has 1 saturated carbocycles. The molecule has 3 atom stereocenters. The van der Waals surface area contributed by atoms with E-state index in [1.165, 1.54) is 25.7 Å². The molecule has 3 unspecified atom stereocenters. The minimum Gasteiger partial charge on any atom is -0.351 e. The Hall–Kier alpha value is -1.88. The van der Waals surface area contributed by atoms with Crippen molar-refractivity contribution < 1.29 is 9.59 Å². The number of carbonyl (C=O) groups excluding carboxylic acids is 2. The second-order valence-corrected chi connectivity index (χ2v) is 7.32. The molecule has 3 rings (SSSR count). The van der Waals surface area contributed by atoms with Gasteiger partial charge in [0.1, 0.15) is 0 Å². The molecular weight excluding hydrogens is 314 g/mol. The molecule has 0 spiro atoms. The van der Waals surface area contributed by atoms with Crippen LogP contribution in [0.2, 0.25) is 0 Å². The van der Waals surface area contributed by atoms with E-state index < -0.39 is 0 Å². The van der Waals surface area contributed by atoms with Crippen molar-refractivity contribution in [3.63, 3.8) is 0 Å². The van der Waals surface area contributed by atoms with Crippen molar-refractivity contribution in [2.75, 3.05) is 5.32 Å². The van der Waals surface area contributed by atoms with Gasteiger partial charge in [0.2, 0.25) is 11.8 Å². The van der Waals surface area contributed by atoms with E-state index in [4.69, 9.17) is 0 Å². The first kappa shape index (κ1) is 17.9. The van der Waals surface area contributed by atoms with Gasteiger partial charge in [0.15, 0.2) is 0 Å². The number of amides is 2. The summed E-state index contributed by atoms with van der Waals surface area (Å²) in [6, 6.07) is 8.17. The van der Waals surface area contributed by atoms with E-state index in [1.807, 2.05) is 31.2 Å². The third-order valence-corrected chi connectivity index (χ3v) is 5.36. The summed E-state index contributed by atoms with van der Waals surface area (Å²) in [5.41, 5.74) is 1.84. The fourth-order valence-corrected chi connectivity index (χ4v) is 3.99. The molecule has 3 N–H and O–H groups in total. The van der Waals surface area contributed by atoms with E-state index in [1.54, 1.807) is 0 Å². The van der Waals surface area contributed by atoms with Crippen molar-refractivity contribution in [2.24, 2.45) is 5.92 Å². The summed E-state index contributed by atoms with van der Waals surface area (Å²) >= 11 is 0. The molecule has 1 aromatic rings. The molecule has 1 saturated heterocycles. The average Bonchev–Trinajstić information content (AvgIpc) is 3.05. The van der Waals surface area contributed by atoms with Crippen molar-refractivity contribution in [2.45, 2.75) is 70.5 Å². The molecule has 0 aromatic heterocycles. The van der Waals surface area contributed by atoms with Crippen LogP contribution in [0, 0.1) is 5.92 Å². The third-order valence-electron chi connectivity index (χ3n) is 5.36. The number of hydrogen-bond donors (Lipinski definition) is 3. The van der Waals surface area contributed by atoms with E-state index in [0.29, 0.717) is 24.9 Å². The van der Waals surface area contributed by atoms with Gasteiger partial charge in [-0.05, 0) is 49.3 Å². The van der Waals surface area contributed by atoms with E-state index in [0.717, 1.165) is 24.1 Å². The summed E-state index contributed by atoms with van der Waals surface area (Å²) < 4.78 is 0. The topological polar surface area (TPSA) is 70.2 Å². The van der Waals surface area contributed by atoms with Crippen molar-refractivity contribution in [1.29, 1.82) is 0 Å². The molecule has 5 nitrogen and oxygen atoms in total. The van der Waals surface area contributed by atoms with Gasteiger partial charge in [-0.2, -0.15) is 0 Å². The lowest BCUT2D eigenvalue weighted by Crippen LogP contribution is -2.42. The van der Waals surface area contributed by atoms with Crippen molar-refractivity contribution in [3.05, 3.63) is 29.8 Å². The van der Waals surface area contributed by atoms with Crippen molar-refractivity contribution in [3.8, 4) is 0 Å². The number of benzene rings is 1. The zero-order chi connectivity index (χ0) is 17.6. The molecule has 2 aliphatic rings. The molecule has 5 heteroatoms. The lowest BCUT2D eigenvalue weighted by Gasteiger charge is -2.24. The van der Waals surface area contributed by atoms with Crippen molar-refractivity contribution in [1.82, 2.24) is 10.6 Å². The minimum atomic E-state index is -0.0410. The molecule has 136 valence electrons. The second kappa shape index (κ2) is 8.48. The van der Waals surface area contributed by atoms with Gasteiger partial charge >= 0.3 is 0 Å². The second-order valence-electron chi connectivity index (χ2n) is 7.32. The third kappa shape index (κ3) is 4.82. The summed E-state index contributed by atoms with van der Waals surface area (Å²) in [5, 5.41) is 9.43. The summed E-state index contributed by atoms with van der Waals surface area (Å²) in [7, 11) is 0. The molecule has 1 aliphatic carbocycles. The normalized spacial score (nSPS) is 25.2. The molecule has 1 aromatic carbocycles. The van der Waals surface area contributed by atoms with Crippen LogP contribution in [0.3, 0.4) is 0 Å². The predicted molar refractivity (Wildman–Crippen MR) is 99.1 cm³/mol. The van der Waals surface area contributed by atoms with Crippen LogP contribution in [-0.4, -0.2) is 23.9 Å². The highest BCUT2D eigenvalue weighted by molar-refractivity contribution is 5.90. The van der Waals surface area contributed by atoms with Gasteiger partial charge in [-0.3, -0.25) is 9.59 Å². The van der Waals surface area contributed by atoms with E-state index in [-0.39, 0.29) is 17.9 Å². The maximum Gasteiger partial charge on any atom is 0.237 e. The fraction of sp³-hybridized carbons (Fsp3) is 0.600. The van der Waals surface area contributed by atoms with Crippen LogP contribution in [0.1, 0.15) is 57.4 Å². The molecule has 1 aliphatic heterocycles. The predicted octanol–water partition coefficient (Wildman–Crippen LogP) is 2.96. The van der Waals surface area contributed by atoms with Gasteiger partial charge < -0.3 is 16.0 Å². The Morgan fingerprint density at radius 3 is 2.64 bits per heavy atom. The maximum atomic E-state index is 12.4. The lowest BCUT2D eigenvalue weighted by atomic mass is 9.85. The minimum absolute atomic E-state index is 0.0392. The van der Waals surface area contributed by atoms with Gasteiger partial charge in [-0.25, -0.2) is 0 Å². The largest absolute Gasteiger partial charge is 0.351 e. The van der Waals surface area contributed by atoms with Crippen LogP contribution in [0.15, 0.2) is 24.3 Å². The highest BCUT2D eigenvalue weighted by Gasteiger charge is 2.37. The summed E-state index contributed by atoms with van der Waals surface area (Å²) in [4.78, 5) is 24.0. The number of fused-ring (bicyclic) bond motifs is 1. The number of rotatable bonds is 6. The molecule has 0 radical (unpaired) electrons. The number of hydrogen-bond acceptors (Lipinski definition) is 3. The monoisotopic (exact) mass is 343 g/mol. The smallest absolute Gasteiger partial charge is 0.237 e. The van der Waals surface area contributed by atoms with Gasteiger partial charge in [-0.15, -0.1) is 0 Å². The van der Waals surface area contributed by atoms with Crippen molar-refractivity contribution >= 4 is 17.5 Å². The van der Waals surface area contributed by atoms with Gasteiger partial charge in [0, 0.05) is 24.7 Å².